The van der Waals surface area contributed by atoms with Crippen LogP contribution in [0.4, 0.5) is 5.69 Å². The van der Waals surface area contributed by atoms with Crippen molar-refractivity contribution in [1.82, 2.24) is 0 Å². The van der Waals surface area contributed by atoms with Crippen molar-refractivity contribution in [2.24, 2.45) is 0 Å². The summed E-state index contributed by atoms with van der Waals surface area (Å²) in [5.41, 5.74) is 2.38. The molecule has 3 aromatic carbocycles. The Hall–Kier alpha value is -3.98. The second-order valence-corrected chi connectivity index (χ2v) is 6.12. The number of rotatable bonds is 5. The Kier molecular flexibility index (Phi) is 4.56. The summed E-state index contributed by atoms with van der Waals surface area (Å²) >= 11 is 0. The third-order valence-electron chi connectivity index (χ3n) is 4.31. The van der Waals surface area contributed by atoms with Crippen LogP contribution in [-0.4, -0.2) is 19.6 Å². The van der Waals surface area contributed by atoms with Gasteiger partial charge in [-0.05, 0) is 30.3 Å². The van der Waals surface area contributed by atoms with Gasteiger partial charge in [-0.2, -0.15) is 5.26 Å². The summed E-state index contributed by atoms with van der Waals surface area (Å²) in [5.74, 6) is 0.629. The van der Waals surface area contributed by atoms with Crippen molar-refractivity contribution in [2.45, 2.75) is 0 Å². The SMILES string of the molecule is COc1cc2c(cc1NC(=O)COc1cccc(C#N)c1)oc1ccccc12. The Labute approximate surface area is 160 Å². The van der Waals surface area contributed by atoms with E-state index in [1.807, 2.05) is 36.4 Å². The maximum atomic E-state index is 12.3. The first-order valence-electron chi connectivity index (χ1n) is 8.60. The summed E-state index contributed by atoms with van der Waals surface area (Å²) in [7, 11) is 1.54. The van der Waals surface area contributed by atoms with Crippen molar-refractivity contribution < 1.29 is 18.7 Å². The topological polar surface area (TPSA) is 84.5 Å². The molecule has 6 heteroatoms. The van der Waals surface area contributed by atoms with Crippen molar-refractivity contribution >= 4 is 33.5 Å². The minimum Gasteiger partial charge on any atom is -0.495 e. The second kappa shape index (κ2) is 7.33. The van der Waals surface area contributed by atoms with E-state index in [1.54, 1.807) is 37.4 Å². The summed E-state index contributed by atoms with van der Waals surface area (Å²) in [6.45, 7) is -0.198. The summed E-state index contributed by atoms with van der Waals surface area (Å²) in [6, 6.07) is 20.0. The highest BCUT2D eigenvalue weighted by Crippen LogP contribution is 2.36. The average molecular weight is 372 g/mol. The quantitative estimate of drug-likeness (QED) is 0.558. The van der Waals surface area contributed by atoms with Gasteiger partial charge in [-0.15, -0.1) is 0 Å². The normalized spacial score (nSPS) is 10.6. The molecule has 0 fully saturated rings. The first-order chi connectivity index (χ1) is 13.7. The standard InChI is InChI=1S/C22H16N2O4/c1-26-21-10-17-16-7-2-3-8-19(16)28-20(17)11-18(21)24-22(25)13-27-15-6-4-5-14(9-15)12-23/h2-11H,13H2,1H3,(H,24,25). The second-order valence-electron chi connectivity index (χ2n) is 6.12. The molecule has 28 heavy (non-hydrogen) atoms. The molecule has 0 saturated carbocycles. The van der Waals surface area contributed by atoms with Gasteiger partial charge in [-0.25, -0.2) is 0 Å². The van der Waals surface area contributed by atoms with Crippen LogP contribution in [0.2, 0.25) is 0 Å². The predicted octanol–water partition coefficient (Wildman–Crippen LogP) is 4.48. The molecule has 1 aromatic heterocycles. The molecule has 0 aliphatic rings. The maximum Gasteiger partial charge on any atom is 0.262 e. The number of fused-ring (bicyclic) bond motifs is 3. The zero-order valence-corrected chi connectivity index (χ0v) is 15.1. The van der Waals surface area contributed by atoms with Crippen LogP contribution in [0.3, 0.4) is 0 Å². The van der Waals surface area contributed by atoms with Crippen LogP contribution in [0, 0.1) is 11.3 Å². The number of nitriles is 1. The van der Waals surface area contributed by atoms with E-state index in [1.165, 1.54) is 0 Å². The number of benzene rings is 3. The molecule has 0 radical (unpaired) electrons. The molecule has 4 rings (SSSR count). The number of hydrogen-bond acceptors (Lipinski definition) is 5. The summed E-state index contributed by atoms with van der Waals surface area (Å²) in [6.07, 6.45) is 0. The first kappa shape index (κ1) is 17.4. The summed E-state index contributed by atoms with van der Waals surface area (Å²) in [4.78, 5) is 12.3. The number of nitrogens with zero attached hydrogens (tertiary/aromatic N) is 1. The third kappa shape index (κ3) is 3.33. The molecule has 1 amide bonds. The summed E-state index contributed by atoms with van der Waals surface area (Å²) < 4.78 is 16.8. The van der Waals surface area contributed by atoms with Crippen molar-refractivity contribution in [1.29, 1.82) is 5.26 Å². The molecule has 6 nitrogen and oxygen atoms in total. The molecule has 0 atom stereocenters. The molecular formula is C22H16N2O4. The minimum atomic E-state index is -0.351. The lowest BCUT2D eigenvalue weighted by atomic mass is 10.1. The van der Waals surface area contributed by atoms with Gasteiger partial charge in [-0.1, -0.05) is 24.3 Å². The Bertz CT molecular complexity index is 1220. The van der Waals surface area contributed by atoms with Crippen molar-refractivity contribution in [2.75, 3.05) is 19.0 Å². The van der Waals surface area contributed by atoms with Gasteiger partial charge in [0.25, 0.3) is 5.91 Å². The Morgan fingerprint density at radius 3 is 2.75 bits per heavy atom. The van der Waals surface area contributed by atoms with Gasteiger partial charge < -0.3 is 19.2 Å². The van der Waals surface area contributed by atoms with Crippen LogP contribution in [0.1, 0.15) is 5.56 Å². The highest BCUT2D eigenvalue weighted by Gasteiger charge is 2.14. The number of methoxy groups -OCH3 is 1. The molecule has 0 saturated heterocycles. The molecule has 0 spiro atoms. The molecule has 0 aliphatic heterocycles. The average Bonchev–Trinajstić information content (AvgIpc) is 3.09. The van der Waals surface area contributed by atoms with E-state index in [4.69, 9.17) is 19.2 Å². The molecule has 0 aliphatic carbocycles. The lowest BCUT2D eigenvalue weighted by Gasteiger charge is -2.11. The lowest BCUT2D eigenvalue weighted by Crippen LogP contribution is -2.20. The van der Waals surface area contributed by atoms with Gasteiger partial charge in [0.15, 0.2) is 6.61 Å². The molecule has 0 bridgehead atoms. The van der Waals surface area contributed by atoms with E-state index in [2.05, 4.69) is 5.32 Å². The van der Waals surface area contributed by atoms with Gasteiger partial charge in [0.1, 0.15) is 22.7 Å². The molecule has 4 aromatic rings. The number of para-hydroxylation sites is 1. The number of nitrogens with one attached hydrogen (secondary N) is 1. The number of hydrogen-bond donors (Lipinski definition) is 1. The van der Waals surface area contributed by atoms with Gasteiger partial charge in [-0.3, -0.25) is 4.79 Å². The Balaban J connectivity index is 1.55. The van der Waals surface area contributed by atoms with Crippen LogP contribution in [0.25, 0.3) is 21.9 Å². The van der Waals surface area contributed by atoms with E-state index >= 15 is 0 Å². The van der Waals surface area contributed by atoms with E-state index in [0.29, 0.717) is 28.3 Å². The predicted molar refractivity (Wildman–Crippen MR) is 106 cm³/mol. The lowest BCUT2D eigenvalue weighted by molar-refractivity contribution is -0.118. The van der Waals surface area contributed by atoms with Crippen molar-refractivity contribution in [3.63, 3.8) is 0 Å². The van der Waals surface area contributed by atoms with Gasteiger partial charge in [0, 0.05) is 16.8 Å². The van der Waals surface area contributed by atoms with Crippen LogP contribution >= 0.6 is 0 Å². The molecule has 0 unspecified atom stereocenters. The number of furan rings is 1. The van der Waals surface area contributed by atoms with Crippen LogP contribution in [-0.2, 0) is 4.79 Å². The first-order valence-corrected chi connectivity index (χ1v) is 8.60. The summed E-state index contributed by atoms with van der Waals surface area (Å²) in [5, 5.41) is 13.6. The van der Waals surface area contributed by atoms with Gasteiger partial charge >= 0.3 is 0 Å². The third-order valence-corrected chi connectivity index (χ3v) is 4.31. The number of carbonyl (C=O) groups excluding carboxylic acids is 1. The number of anilines is 1. The fourth-order valence-electron chi connectivity index (χ4n) is 3.01. The molecule has 1 heterocycles. The fourth-order valence-corrected chi connectivity index (χ4v) is 3.01. The Morgan fingerprint density at radius 2 is 1.93 bits per heavy atom. The Morgan fingerprint density at radius 1 is 1.07 bits per heavy atom. The van der Waals surface area contributed by atoms with Gasteiger partial charge in [0.05, 0.1) is 24.4 Å². The zero-order chi connectivity index (χ0) is 19.5. The number of carbonyl (C=O) groups is 1. The minimum absolute atomic E-state index is 0.198. The monoisotopic (exact) mass is 372 g/mol. The largest absolute Gasteiger partial charge is 0.495 e. The van der Waals surface area contributed by atoms with Crippen LogP contribution in [0.5, 0.6) is 11.5 Å². The number of ether oxygens (including phenoxy) is 2. The molecule has 138 valence electrons. The maximum absolute atomic E-state index is 12.3. The van der Waals surface area contributed by atoms with E-state index in [9.17, 15) is 4.79 Å². The van der Waals surface area contributed by atoms with Crippen molar-refractivity contribution in [3.8, 4) is 17.6 Å². The molecule has 1 N–H and O–H groups in total. The zero-order valence-electron chi connectivity index (χ0n) is 15.1. The van der Waals surface area contributed by atoms with E-state index in [0.717, 1.165) is 16.4 Å². The highest BCUT2D eigenvalue weighted by molar-refractivity contribution is 6.07. The van der Waals surface area contributed by atoms with E-state index < -0.39 is 0 Å². The number of amides is 1. The van der Waals surface area contributed by atoms with Crippen LogP contribution < -0.4 is 14.8 Å². The fraction of sp³-hybridized carbons (Fsp3) is 0.0909. The van der Waals surface area contributed by atoms with Gasteiger partial charge in [0.2, 0.25) is 0 Å². The van der Waals surface area contributed by atoms with Crippen LogP contribution in [0.15, 0.2) is 65.1 Å². The smallest absolute Gasteiger partial charge is 0.262 e. The molecular weight excluding hydrogens is 356 g/mol. The highest BCUT2D eigenvalue weighted by atomic mass is 16.5. The van der Waals surface area contributed by atoms with Crippen molar-refractivity contribution in [3.05, 3.63) is 66.2 Å². The van der Waals surface area contributed by atoms with E-state index in [-0.39, 0.29) is 12.5 Å².